The van der Waals surface area contributed by atoms with Crippen LogP contribution in [-0.2, 0) is 37.2 Å². The smallest absolute Gasteiger partial charge is 0.410 e. The molecule has 2 aliphatic carbocycles. The fourth-order valence-electron chi connectivity index (χ4n) is 7.77. The normalized spacial score (nSPS) is 18.9. The lowest BCUT2D eigenvalue weighted by Crippen LogP contribution is -2.40. The van der Waals surface area contributed by atoms with Crippen molar-refractivity contribution in [1.82, 2.24) is 24.6 Å². The van der Waals surface area contributed by atoms with Gasteiger partial charge in [0.1, 0.15) is 11.4 Å². The number of hydrogen-bond acceptors (Lipinski definition) is 5. The Labute approximate surface area is 289 Å². The molecular formula is C40H48FN5O3. The Bertz CT molecular complexity index is 1880. The summed E-state index contributed by atoms with van der Waals surface area (Å²) in [5.74, 6) is -0.0661. The average Bonchev–Trinajstić information content (AvgIpc) is 3.57. The van der Waals surface area contributed by atoms with Crippen LogP contribution in [0.5, 0.6) is 0 Å². The monoisotopic (exact) mass is 665 g/mol. The topological polar surface area (TPSA) is 80.6 Å². The van der Waals surface area contributed by atoms with Gasteiger partial charge in [0.05, 0.1) is 18.4 Å². The minimum absolute atomic E-state index is 0.118. The van der Waals surface area contributed by atoms with Gasteiger partial charge in [0, 0.05) is 71.3 Å². The first-order valence-electron chi connectivity index (χ1n) is 18.1. The summed E-state index contributed by atoms with van der Waals surface area (Å²) in [4.78, 5) is 36.0. The number of nitrogens with zero attached hydrogens (tertiary/aromatic N) is 5. The first kappa shape index (κ1) is 33.2. The molecule has 1 saturated carbocycles. The minimum Gasteiger partial charge on any atom is -0.444 e. The van der Waals surface area contributed by atoms with E-state index >= 15 is 4.39 Å². The molecule has 1 fully saturated rings. The van der Waals surface area contributed by atoms with E-state index in [0.717, 1.165) is 83.6 Å². The van der Waals surface area contributed by atoms with Crippen molar-refractivity contribution < 1.29 is 18.7 Å². The summed E-state index contributed by atoms with van der Waals surface area (Å²) in [5, 5.41) is 4.47. The number of pyridine rings is 1. The highest BCUT2D eigenvalue weighted by molar-refractivity contribution is 5.99. The zero-order valence-corrected chi connectivity index (χ0v) is 29.7. The highest BCUT2D eigenvalue weighted by Gasteiger charge is 2.42. The molecular weight excluding hydrogens is 617 g/mol. The number of benzene rings is 1. The Kier molecular flexibility index (Phi) is 8.74. The third-order valence-corrected chi connectivity index (χ3v) is 10.4. The number of halogens is 1. The Morgan fingerprint density at radius 3 is 2.45 bits per heavy atom. The van der Waals surface area contributed by atoms with Gasteiger partial charge >= 0.3 is 6.09 Å². The van der Waals surface area contributed by atoms with Crippen LogP contribution in [-0.4, -0.2) is 55.3 Å². The average molecular weight is 666 g/mol. The molecule has 4 heterocycles. The van der Waals surface area contributed by atoms with Crippen molar-refractivity contribution >= 4 is 17.8 Å². The largest absolute Gasteiger partial charge is 0.444 e. The van der Waals surface area contributed by atoms with Crippen molar-refractivity contribution in [2.24, 2.45) is 5.92 Å². The van der Waals surface area contributed by atoms with E-state index in [2.05, 4.69) is 37.2 Å². The van der Waals surface area contributed by atoms with Gasteiger partial charge in [-0.05, 0) is 94.2 Å². The lowest BCUT2D eigenvalue weighted by Gasteiger charge is -2.32. The van der Waals surface area contributed by atoms with E-state index in [1.807, 2.05) is 49.5 Å². The number of amides is 2. The first-order chi connectivity index (χ1) is 23.5. The molecule has 3 aromatic rings. The molecule has 49 heavy (non-hydrogen) atoms. The summed E-state index contributed by atoms with van der Waals surface area (Å²) in [6, 6.07) is 7.95. The quantitative estimate of drug-likeness (QED) is 0.242. The summed E-state index contributed by atoms with van der Waals surface area (Å²) in [7, 11) is 0. The molecule has 4 aliphatic rings. The van der Waals surface area contributed by atoms with Crippen LogP contribution in [0.3, 0.4) is 0 Å². The van der Waals surface area contributed by atoms with E-state index in [9.17, 15) is 9.59 Å². The first-order valence-corrected chi connectivity index (χ1v) is 18.1. The van der Waals surface area contributed by atoms with Crippen LogP contribution in [0.2, 0.25) is 0 Å². The van der Waals surface area contributed by atoms with Crippen molar-refractivity contribution in [3.8, 4) is 11.1 Å². The lowest BCUT2D eigenvalue weighted by molar-refractivity contribution is 0.0263. The highest BCUT2D eigenvalue weighted by atomic mass is 19.1. The Morgan fingerprint density at radius 2 is 1.76 bits per heavy atom. The van der Waals surface area contributed by atoms with Crippen LogP contribution < -0.4 is 0 Å². The van der Waals surface area contributed by atoms with Crippen molar-refractivity contribution in [2.45, 2.75) is 111 Å². The van der Waals surface area contributed by atoms with Crippen LogP contribution in [0.4, 0.5) is 9.18 Å². The summed E-state index contributed by atoms with van der Waals surface area (Å²) in [5.41, 5.74) is 8.72. The molecule has 9 heteroatoms. The molecule has 2 aromatic heterocycles. The number of carbonyl (C=O) groups is 2. The number of fused-ring (bicyclic) bond motifs is 2. The third kappa shape index (κ3) is 6.32. The zero-order valence-electron chi connectivity index (χ0n) is 29.7. The number of aryl methyl sites for hydroxylation is 3. The van der Waals surface area contributed by atoms with E-state index in [-0.39, 0.29) is 23.7 Å². The fraction of sp³-hybridized carbons (Fsp3) is 0.500. The van der Waals surface area contributed by atoms with Crippen LogP contribution in [0.1, 0.15) is 117 Å². The SMILES string of the molecule is CCc1ccc(-c2cc(C(=O)N3Cc4cnn(CC)c4C3)cc3c2C(CC2CC2)C(C2=CCCN(C(=O)OC(C)(C)C)C2)=C3F)c(CC)n1. The van der Waals surface area contributed by atoms with Gasteiger partial charge in [0.15, 0.2) is 0 Å². The lowest BCUT2D eigenvalue weighted by atomic mass is 9.81. The number of rotatable bonds is 8. The number of carbonyl (C=O) groups excluding carboxylic acids is 2. The Hall–Kier alpha value is -4.27. The molecule has 1 atom stereocenters. The van der Waals surface area contributed by atoms with Crippen molar-refractivity contribution in [3.63, 3.8) is 0 Å². The van der Waals surface area contributed by atoms with Crippen molar-refractivity contribution in [1.29, 1.82) is 0 Å². The predicted octanol–water partition coefficient (Wildman–Crippen LogP) is 8.39. The van der Waals surface area contributed by atoms with Gasteiger partial charge in [-0.25, -0.2) is 9.18 Å². The zero-order chi connectivity index (χ0) is 34.6. The maximum atomic E-state index is 17.3. The van der Waals surface area contributed by atoms with E-state index in [0.29, 0.717) is 55.2 Å². The van der Waals surface area contributed by atoms with Gasteiger partial charge < -0.3 is 14.5 Å². The van der Waals surface area contributed by atoms with E-state index in [1.54, 1.807) is 11.0 Å². The molecule has 1 aromatic carbocycles. The van der Waals surface area contributed by atoms with Crippen molar-refractivity contribution in [2.75, 3.05) is 13.1 Å². The maximum absolute atomic E-state index is 17.3. The molecule has 0 spiro atoms. The second kappa shape index (κ2) is 12.9. The van der Waals surface area contributed by atoms with Gasteiger partial charge in [-0.2, -0.15) is 5.10 Å². The van der Waals surface area contributed by atoms with Gasteiger partial charge in [-0.1, -0.05) is 38.8 Å². The third-order valence-electron chi connectivity index (χ3n) is 10.4. The summed E-state index contributed by atoms with van der Waals surface area (Å²) < 4.78 is 25.0. The molecule has 0 radical (unpaired) electrons. The number of ether oxygens (including phenoxy) is 1. The molecule has 7 rings (SSSR count). The van der Waals surface area contributed by atoms with Gasteiger partial charge in [0.2, 0.25) is 0 Å². The van der Waals surface area contributed by atoms with Gasteiger partial charge in [-0.15, -0.1) is 0 Å². The predicted molar refractivity (Wildman–Crippen MR) is 189 cm³/mol. The molecule has 0 N–H and O–H groups in total. The molecule has 2 aliphatic heterocycles. The molecule has 0 saturated heterocycles. The second-order valence-electron chi connectivity index (χ2n) is 15.0. The standard InChI is InChI=1S/C40H48FN5O3/c1-7-28-14-15-29(33(8-2)43-28)30-18-26(38(47)45-22-27-20-42-46(9-3)34(27)23-45)19-32-36(30)31(17-24-12-13-24)35(37(32)41)25-11-10-16-44(21-25)39(48)49-40(4,5)6/h11,14-15,18-20,24,31H,7-10,12-13,16-17,21-23H2,1-6H3. The molecule has 258 valence electrons. The van der Waals surface area contributed by atoms with Crippen LogP contribution in [0, 0.1) is 5.92 Å². The molecule has 0 bridgehead atoms. The Morgan fingerprint density at radius 1 is 0.980 bits per heavy atom. The molecule has 8 nitrogen and oxygen atoms in total. The summed E-state index contributed by atoms with van der Waals surface area (Å²) in [6.07, 6.45) is 8.83. The maximum Gasteiger partial charge on any atom is 0.410 e. The van der Waals surface area contributed by atoms with E-state index in [4.69, 9.17) is 9.72 Å². The summed E-state index contributed by atoms with van der Waals surface area (Å²) in [6.45, 7) is 14.3. The van der Waals surface area contributed by atoms with Crippen LogP contribution in [0.25, 0.3) is 17.0 Å². The number of hydrogen-bond donors (Lipinski definition) is 0. The van der Waals surface area contributed by atoms with E-state index < -0.39 is 5.60 Å². The van der Waals surface area contributed by atoms with Gasteiger partial charge in [-0.3, -0.25) is 14.5 Å². The minimum atomic E-state index is -0.621. The highest BCUT2D eigenvalue weighted by Crippen LogP contribution is 2.55. The summed E-state index contributed by atoms with van der Waals surface area (Å²) >= 11 is 0. The molecule has 2 amide bonds. The van der Waals surface area contributed by atoms with Gasteiger partial charge in [0.25, 0.3) is 5.91 Å². The van der Waals surface area contributed by atoms with Crippen molar-refractivity contribution in [3.05, 3.63) is 87.0 Å². The Balaban J connectivity index is 1.34. The number of aromatic nitrogens is 3. The van der Waals surface area contributed by atoms with Crippen LogP contribution >= 0.6 is 0 Å². The van der Waals surface area contributed by atoms with Crippen LogP contribution in [0.15, 0.2) is 47.7 Å². The molecule has 1 unspecified atom stereocenters. The fourth-order valence-corrected chi connectivity index (χ4v) is 7.77. The second-order valence-corrected chi connectivity index (χ2v) is 15.0. The van der Waals surface area contributed by atoms with E-state index in [1.165, 1.54) is 0 Å².